The summed E-state index contributed by atoms with van der Waals surface area (Å²) in [6.07, 6.45) is 3.76. The number of rotatable bonds is 7. The van der Waals surface area contributed by atoms with Gasteiger partial charge in [0.1, 0.15) is 4.21 Å². The molecule has 0 fully saturated rings. The molecular weight excluding hydrogens is 284 g/mol. The zero-order valence-electron chi connectivity index (χ0n) is 10.5. The lowest BCUT2D eigenvalue weighted by Crippen LogP contribution is -2.15. The molecule has 2 rings (SSSR count). The van der Waals surface area contributed by atoms with Crippen LogP contribution >= 0.6 is 11.3 Å². The summed E-state index contributed by atoms with van der Waals surface area (Å²) in [7, 11) is -3.50. The second-order valence-electron chi connectivity index (χ2n) is 3.92. The molecule has 0 bridgehead atoms. The van der Waals surface area contributed by atoms with E-state index < -0.39 is 10.0 Å². The Kier molecular flexibility index (Phi) is 4.56. The fourth-order valence-corrected chi connectivity index (χ4v) is 3.93. The van der Waals surface area contributed by atoms with Crippen LogP contribution in [-0.4, -0.2) is 31.7 Å². The van der Waals surface area contributed by atoms with Gasteiger partial charge < -0.3 is 5.32 Å². The molecule has 104 valence electrons. The van der Waals surface area contributed by atoms with Gasteiger partial charge in [0.25, 0.3) is 10.0 Å². The molecule has 0 spiro atoms. The molecule has 0 atom stereocenters. The quantitative estimate of drug-likeness (QED) is 0.675. The number of aromatic nitrogens is 2. The summed E-state index contributed by atoms with van der Waals surface area (Å²) in [5.41, 5.74) is 0.433. The first kappa shape index (κ1) is 14.0. The molecule has 2 aromatic rings. The molecule has 0 aliphatic heterocycles. The summed E-state index contributed by atoms with van der Waals surface area (Å²) >= 11 is 1.29. The zero-order chi connectivity index (χ0) is 13.7. The minimum Gasteiger partial charge on any atom is -0.317 e. The van der Waals surface area contributed by atoms with Crippen molar-refractivity contribution in [2.24, 2.45) is 0 Å². The van der Waals surface area contributed by atoms with E-state index in [1.807, 2.05) is 13.0 Å². The minimum absolute atomic E-state index is 0.320. The molecule has 2 heterocycles. The summed E-state index contributed by atoms with van der Waals surface area (Å²) < 4.78 is 27.0. The predicted octanol–water partition coefficient (Wildman–Crippen LogP) is 1.42. The van der Waals surface area contributed by atoms with Crippen LogP contribution in [0.1, 0.15) is 11.8 Å². The van der Waals surface area contributed by atoms with Crippen molar-refractivity contribution >= 4 is 27.0 Å². The van der Waals surface area contributed by atoms with Gasteiger partial charge in [-0.2, -0.15) is 5.10 Å². The van der Waals surface area contributed by atoms with Gasteiger partial charge in [0.2, 0.25) is 0 Å². The van der Waals surface area contributed by atoms with Gasteiger partial charge in [-0.3, -0.25) is 9.82 Å². The third-order valence-electron chi connectivity index (χ3n) is 2.45. The van der Waals surface area contributed by atoms with Gasteiger partial charge >= 0.3 is 0 Å². The first-order valence-corrected chi connectivity index (χ1v) is 8.23. The number of hydrogen-bond donors (Lipinski definition) is 3. The fourth-order valence-electron chi connectivity index (χ4n) is 1.54. The van der Waals surface area contributed by atoms with Gasteiger partial charge in [-0.15, -0.1) is 11.3 Å². The van der Waals surface area contributed by atoms with Crippen molar-refractivity contribution in [3.63, 3.8) is 0 Å². The summed E-state index contributed by atoms with van der Waals surface area (Å²) in [4.78, 5) is 1.05. The van der Waals surface area contributed by atoms with E-state index in [9.17, 15) is 8.42 Å². The molecule has 0 aliphatic carbocycles. The van der Waals surface area contributed by atoms with Crippen LogP contribution in [0.4, 0.5) is 5.69 Å². The fraction of sp³-hybridized carbons (Fsp3) is 0.364. The van der Waals surface area contributed by atoms with Gasteiger partial charge in [-0.05, 0) is 31.6 Å². The lowest BCUT2D eigenvalue weighted by Gasteiger charge is -2.02. The van der Waals surface area contributed by atoms with Crippen molar-refractivity contribution in [1.82, 2.24) is 15.5 Å². The van der Waals surface area contributed by atoms with Crippen LogP contribution in [0.5, 0.6) is 0 Å². The number of nitrogens with one attached hydrogen (secondary N) is 3. The van der Waals surface area contributed by atoms with Crippen LogP contribution in [0.25, 0.3) is 0 Å². The number of thiophene rings is 1. The van der Waals surface area contributed by atoms with Crippen LogP contribution < -0.4 is 10.0 Å². The van der Waals surface area contributed by atoms with Crippen molar-refractivity contribution < 1.29 is 8.42 Å². The summed E-state index contributed by atoms with van der Waals surface area (Å²) in [5, 5.41) is 9.47. The van der Waals surface area contributed by atoms with E-state index in [2.05, 4.69) is 20.2 Å². The molecule has 0 saturated heterocycles. The number of aromatic amines is 1. The van der Waals surface area contributed by atoms with E-state index in [1.54, 1.807) is 6.07 Å². The molecule has 0 saturated carbocycles. The molecule has 19 heavy (non-hydrogen) atoms. The standard InChI is InChI=1S/C11H16N4O2S2/c1-2-12-6-5-10-3-4-11(18-10)19(16,17)15-9-7-13-14-8-9/h3-4,7-8,12,15H,2,5-6H2,1H3,(H,13,14). The second-order valence-corrected chi connectivity index (χ2v) is 6.99. The maximum atomic E-state index is 12.1. The second kappa shape index (κ2) is 6.18. The van der Waals surface area contributed by atoms with Gasteiger partial charge in [-0.1, -0.05) is 6.92 Å². The van der Waals surface area contributed by atoms with Crippen LogP contribution in [0.3, 0.4) is 0 Å². The first-order chi connectivity index (χ1) is 9.12. The topological polar surface area (TPSA) is 86.9 Å². The van der Waals surface area contributed by atoms with Gasteiger partial charge in [-0.25, -0.2) is 8.42 Å². The normalized spacial score (nSPS) is 11.6. The van der Waals surface area contributed by atoms with Crippen LogP contribution in [-0.2, 0) is 16.4 Å². The molecule has 0 aromatic carbocycles. The number of nitrogens with zero attached hydrogens (tertiary/aromatic N) is 1. The molecule has 0 unspecified atom stereocenters. The van der Waals surface area contributed by atoms with E-state index in [-0.39, 0.29) is 0 Å². The Morgan fingerprint density at radius 3 is 2.95 bits per heavy atom. The smallest absolute Gasteiger partial charge is 0.271 e. The maximum absolute atomic E-state index is 12.1. The van der Waals surface area contributed by atoms with Gasteiger partial charge in [0.05, 0.1) is 11.9 Å². The van der Waals surface area contributed by atoms with Gasteiger partial charge in [0, 0.05) is 11.1 Å². The number of sulfonamides is 1. The molecule has 3 N–H and O–H groups in total. The number of hydrogen-bond acceptors (Lipinski definition) is 5. The molecule has 0 radical (unpaired) electrons. The third kappa shape index (κ3) is 3.79. The lowest BCUT2D eigenvalue weighted by molar-refractivity contribution is 0.603. The summed E-state index contributed by atoms with van der Waals surface area (Å²) in [6.45, 7) is 3.81. The molecule has 2 aromatic heterocycles. The third-order valence-corrected chi connectivity index (χ3v) is 5.47. The highest BCUT2D eigenvalue weighted by Crippen LogP contribution is 2.23. The van der Waals surface area contributed by atoms with Gasteiger partial charge in [0.15, 0.2) is 0 Å². The van der Waals surface area contributed by atoms with Crippen LogP contribution in [0, 0.1) is 0 Å². The molecular formula is C11H16N4O2S2. The van der Waals surface area contributed by atoms with Crippen molar-refractivity contribution in [2.75, 3.05) is 17.8 Å². The number of H-pyrrole nitrogens is 1. The predicted molar refractivity (Wildman–Crippen MR) is 76.0 cm³/mol. The Hall–Kier alpha value is -1.38. The molecule has 8 heteroatoms. The average molecular weight is 300 g/mol. The van der Waals surface area contributed by atoms with Crippen molar-refractivity contribution in [2.45, 2.75) is 17.6 Å². The summed E-state index contributed by atoms with van der Waals surface area (Å²) in [5.74, 6) is 0. The Labute approximate surface area is 116 Å². The number of likely N-dealkylation sites (N-methyl/N-ethyl adjacent to an activating group) is 1. The van der Waals surface area contributed by atoms with E-state index in [0.29, 0.717) is 9.90 Å². The highest BCUT2D eigenvalue weighted by molar-refractivity contribution is 7.94. The largest absolute Gasteiger partial charge is 0.317 e. The molecule has 0 amide bonds. The lowest BCUT2D eigenvalue weighted by atomic mass is 10.3. The highest BCUT2D eigenvalue weighted by Gasteiger charge is 2.17. The zero-order valence-corrected chi connectivity index (χ0v) is 12.1. The van der Waals surface area contributed by atoms with E-state index >= 15 is 0 Å². The van der Waals surface area contributed by atoms with E-state index in [4.69, 9.17) is 0 Å². The van der Waals surface area contributed by atoms with Crippen molar-refractivity contribution in [3.05, 3.63) is 29.4 Å². The number of anilines is 1. The molecule has 0 aliphatic rings. The van der Waals surface area contributed by atoms with E-state index in [0.717, 1.165) is 24.4 Å². The Morgan fingerprint density at radius 2 is 2.26 bits per heavy atom. The van der Waals surface area contributed by atoms with E-state index in [1.165, 1.54) is 23.7 Å². The molecule has 6 nitrogen and oxygen atoms in total. The van der Waals surface area contributed by atoms with Crippen LogP contribution in [0.15, 0.2) is 28.7 Å². The first-order valence-electron chi connectivity index (χ1n) is 5.93. The Balaban J connectivity index is 2.04. The average Bonchev–Trinajstić information content (AvgIpc) is 3.00. The minimum atomic E-state index is -3.50. The summed E-state index contributed by atoms with van der Waals surface area (Å²) in [6, 6.07) is 3.49. The van der Waals surface area contributed by atoms with Crippen LogP contribution in [0.2, 0.25) is 0 Å². The van der Waals surface area contributed by atoms with Crippen molar-refractivity contribution in [1.29, 1.82) is 0 Å². The Morgan fingerprint density at radius 1 is 1.42 bits per heavy atom. The van der Waals surface area contributed by atoms with Crippen molar-refractivity contribution in [3.8, 4) is 0 Å². The Bertz CT molecular complexity index is 604. The maximum Gasteiger partial charge on any atom is 0.271 e. The SMILES string of the molecule is CCNCCc1ccc(S(=O)(=O)Nc2cn[nH]c2)s1. The monoisotopic (exact) mass is 300 g/mol. The highest BCUT2D eigenvalue weighted by atomic mass is 32.2.